The average Bonchev–Trinajstić information content (AvgIpc) is 2.88. The van der Waals surface area contributed by atoms with Crippen molar-refractivity contribution in [3.05, 3.63) is 63.6 Å². The zero-order valence-corrected chi connectivity index (χ0v) is 15.5. The zero-order valence-electron chi connectivity index (χ0n) is 14.0. The van der Waals surface area contributed by atoms with Crippen molar-refractivity contribution in [3.8, 4) is 5.75 Å². The Morgan fingerprint density at radius 3 is 2.27 bits per heavy atom. The molecule has 0 aromatic heterocycles. The minimum Gasteiger partial charge on any atom is -0.508 e. The van der Waals surface area contributed by atoms with Crippen molar-refractivity contribution in [2.24, 2.45) is 0 Å². The van der Waals surface area contributed by atoms with Crippen LogP contribution in [0.5, 0.6) is 5.75 Å². The third kappa shape index (κ3) is 4.11. The molecule has 26 heavy (non-hydrogen) atoms. The summed E-state index contributed by atoms with van der Waals surface area (Å²) in [6.45, 7) is 1.90. The zero-order chi connectivity index (χ0) is 18.7. The molecule has 2 aromatic rings. The Kier molecular flexibility index (Phi) is 5.69. The number of rotatable bonds is 2. The Bertz CT molecular complexity index is 841. The van der Waals surface area contributed by atoms with Crippen LogP contribution in [0.2, 0.25) is 10.0 Å². The molecular formula is C19H18Cl2N2O3. The molecule has 0 saturated carbocycles. The van der Waals surface area contributed by atoms with Crippen molar-refractivity contribution >= 4 is 35.0 Å². The molecule has 0 bridgehead atoms. The summed E-state index contributed by atoms with van der Waals surface area (Å²) in [5, 5.41) is 10.4. The number of phenolic OH excluding ortho intramolecular Hbond substituents is 1. The molecule has 7 heteroatoms. The summed E-state index contributed by atoms with van der Waals surface area (Å²) in [6.07, 6.45) is 0.661. The Hall–Kier alpha value is -2.24. The number of amides is 2. The van der Waals surface area contributed by atoms with Gasteiger partial charge in [0.2, 0.25) is 0 Å². The van der Waals surface area contributed by atoms with Crippen LogP contribution < -0.4 is 0 Å². The lowest BCUT2D eigenvalue weighted by molar-refractivity contribution is 0.0718. The molecule has 2 aromatic carbocycles. The van der Waals surface area contributed by atoms with Gasteiger partial charge in [-0.25, -0.2) is 0 Å². The fourth-order valence-corrected chi connectivity index (χ4v) is 3.35. The van der Waals surface area contributed by atoms with Gasteiger partial charge in [-0.3, -0.25) is 9.59 Å². The van der Waals surface area contributed by atoms with Gasteiger partial charge in [0.05, 0.1) is 10.6 Å². The van der Waals surface area contributed by atoms with Crippen LogP contribution in [0.1, 0.15) is 27.1 Å². The summed E-state index contributed by atoms with van der Waals surface area (Å²) in [6, 6.07) is 11.1. The molecule has 136 valence electrons. The van der Waals surface area contributed by atoms with E-state index in [1.165, 1.54) is 12.1 Å². The summed E-state index contributed by atoms with van der Waals surface area (Å²) in [7, 11) is 0. The predicted octanol–water partition coefficient (Wildman–Crippen LogP) is 3.69. The lowest BCUT2D eigenvalue weighted by Gasteiger charge is -2.22. The number of phenols is 1. The highest BCUT2D eigenvalue weighted by Gasteiger charge is 2.24. The molecule has 3 rings (SSSR count). The molecule has 0 spiro atoms. The SMILES string of the molecule is O=C(c1cccc(O)c1)N1CCCN(C(=O)c2cc(Cl)ccc2Cl)CC1. The van der Waals surface area contributed by atoms with Gasteiger partial charge in [-0.05, 0) is 42.8 Å². The fraction of sp³-hybridized carbons (Fsp3) is 0.263. The summed E-state index contributed by atoms with van der Waals surface area (Å²) in [5.41, 5.74) is 0.801. The molecular weight excluding hydrogens is 375 g/mol. The number of hydrogen-bond acceptors (Lipinski definition) is 3. The normalized spacial score (nSPS) is 14.8. The van der Waals surface area contributed by atoms with Gasteiger partial charge in [0, 0.05) is 36.8 Å². The second-order valence-electron chi connectivity index (χ2n) is 6.11. The van der Waals surface area contributed by atoms with E-state index in [1.54, 1.807) is 40.1 Å². The Labute approximate surface area is 161 Å². The van der Waals surface area contributed by atoms with Gasteiger partial charge in [0.1, 0.15) is 5.75 Å². The molecule has 0 aliphatic carbocycles. The summed E-state index contributed by atoms with van der Waals surface area (Å²) in [5.74, 6) is -0.293. The van der Waals surface area contributed by atoms with Crippen molar-refractivity contribution in [2.45, 2.75) is 6.42 Å². The molecule has 1 aliphatic rings. The molecule has 1 fully saturated rings. The van der Waals surface area contributed by atoms with Crippen LogP contribution in [-0.2, 0) is 0 Å². The average molecular weight is 393 g/mol. The number of aromatic hydroxyl groups is 1. The Morgan fingerprint density at radius 1 is 0.885 bits per heavy atom. The highest BCUT2D eigenvalue weighted by molar-refractivity contribution is 6.35. The van der Waals surface area contributed by atoms with E-state index < -0.39 is 0 Å². The van der Waals surface area contributed by atoms with Crippen molar-refractivity contribution in [3.63, 3.8) is 0 Å². The molecule has 0 atom stereocenters. The topological polar surface area (TPSA) is 60.9 Å². The number of halogens is 2. The van der Waals surface area contributed by atoms with Crippen LogP contribution >= 0.6 is 23.2 Å². The van der Waals surface area contributed by atoms with E-state index in [1.807, 2.05) is 0 Å². The lowest BCUT2D eigenvalue weighted by Crippen LogP contribution is -2.37. The standard InChI is InChI=1S/C19H18Cl2N2O3/c20-14-5-6-17(21)16(12-14)19(26)23-8-2-7-22(9-10-23)18(25)13-3-1-4-15(24)11-13/h1,3-6,11-12,24H,2,7-10H2. The van der Waals surface area contributed by atoms with Gasteiger partial charge in [-0.2, -0.15) is 0 Å². The quantitative estimate of drug-likeness (QED) is 0.847. The highest BCUT2D eigenvalue weighted by atomic mass is 35.5. The van der Waals surface area contributed by atoms with Crippen molar-refractivity contribution in [2.75, 3.05) is 26.2 Å². The van der Waals surface area contributed by atoms with E-state index in [4.69, 9.17) is 23.2 Å². The van der Waals surface area contributed by atoms with E-state index in [9.17, 15) is 14.7 Å². The smallest absolute Gasteiger partial charge is 0.255 e. The maximum atomic E-state index is 12.8. The molecule has 1 N–H and O–H groups in total. The van der Waals surface area contributed by atoms with E-state index in [-0.39, 0.29) is 17.6 Å². The van der Waals surface area contributed by atoms with Gasteiger partial charge >= 0.3 is 0 Å². The number of benzene rings is 2. The van der Waals surface area contributed by atoms with E-state index in [0.29, 0.717) is 53.8 Å². The van der Waals surface area contributed by atoms with E-state index in [2.05, 4.69) is 0 Å². The molecule has 1 heterocycles. The second kappa shape index (κ2) is 7.98. The van der Waals surface area contributed by atoms with Crippen LogP contribution in [-0.4, -0.2) is 52.9 Å². The first-order valence-electron chi connectivity index (χ1n) is 8.28. The number of carbonyl (C=O) groups excluding carboxylic acids is 2. The minimum absolute atomic E-state index is 0.0538. The first-order chi connectivity index (χ1) is 12.5. The van der Waals surface area contributed by atoms with Crippen LogP contribution in [0, 0.1) is 0 Å². The molecule has 5 nitrogen and oxygen atoms in total. The molecule has 1 saturated heterocycles. The Balaban J connectivity index is 1.71. The molecule has 0 unspecified atom stereocenters. The fourth-order valence-electron chi connectivity index (χ4n) is 2.98. The largest absolute Gasteiger partial charge is 0.508 e. The predicted molar refractivity (Wildman–Crippen MR) is 101 cm³/mol. The van der Waals surface area contributed by atoms with Gasteiger partial charge in [0.15, 0.2) is 0 Å². The molecule has 0 radical (unpaired) electrons. The molecule has 2 amide bonds. The maximum absolute atomic E-state index is 12.8. The highest BCUT2D eigenvalue weighted by Crippen LogP contribution is 2.23. The minimum atomic E-state index is -0.191. The summed E-state index contributed by atoms with van der Waals surface area (Å²) < 4.78 is 0. The first-order valence-corrected chi connectivity index (χ1v) is 9.04. The second-order valence-corrected chi connectivity index (χ2v) is 6.96. The third-order valence-electron chi connectivity index (χ3n) is 4.32. The van der Waals surface area contributed by atoms with Gasteiger partial charge in [-0.1, -0.05) is 29.3 Å². The van der Waals surface area contributed by atoms with Crippen LogP contribution in [0.25, 0.3) is 0 Å². The van der Waals surface area contributed by atoms with Gasteiger partial charge < -0.3 is 14.9 Å². The van der Waals surface area contributed by atoms with Crippen LogP contribution in [0.15, 0.2) is 42.5 Å². The van der Waals surface area contributed by atoms with Gasteiger partial charge in [-0.15, -0.1) is 0 Å². The van der Waals surface area contributed by atoms with Crippen molar-refractivity contribution in [1.29, 1.82) is 0 Å². The maximum Gasteiger partial charge on any atom is 0.255 e. The summed E-state index contributed by atoms with van der Waals surface area (Å²) >= 11 is 12.1. The van der Waals surface area contributed by atoms with Crippen LogP contribution in [0.4, 0.5) is 0 Å². The summed E-state index contributed by atoms with van der Waals surface area (Å²) in [4.78, 5) is 28.8. The van der Waals surface area contributed by atoms with E-state index >= 15 is 0 Å². The Morgan fingerprint density at radius 2 is 1.58 bits per heavy atom. The van der Waals surface area contributed by atoms with Crippen molar-refractivity contribution in [1.82, 2.24) is 9.80 Å². The van der Waals surface area contributed by atoms with E-state index in [0.717, 1.165) is 0 Å². The first kappa shape index (κ1) is 18.5. The third-order valence-corrected chi connectivity index (χ3v) is 4.89. The lowest BCUT2D eigenvalue weighted by atomic mass is 10.2. The number of carbonyl (C=O) groups is 2. The van der Waals surface area contributed by atoms with Crippen LogP contribution in [0.3, 0.4) is 0 Å². The monoisotopic (exact) mass is 392 g/mol. The number of hydrogen-bond donors (Lipinski definition) is 1. The number of nitrogens with zero attached hydrogens (tertiary/aromatic N) is 2. The van der Waals surface area contributed by atoms with Crippen molar-refractivity contribution < 1.29 is 14.7 Å². The van der Waals surface area contributed by atoms with Gasteiger partial charge in [0.25, 0.3) is 11.8 Å². The molecule has 1 aliphatic heterocycles.